The third-order valence-corrected chi connectivity index (χ3v) is 10.1. The van der Waals surface area contributed by atoms with Crippen LogP contribution in [0.5, 0.6) is 0 Å². The van der Waals surface area contributed by atoms with Crippen LogP contribution in [0.1, 0.15) is 11.1 Å². The molecule has 1 heterocycles. The zero-order valence-electron chi connectivity index (χ0n) is 26.2. The molecule has 2 aliphatic rings. The predicted octanol–water partition coefficient (Wildman–Crippen LogP) is 4.74. The van der Waals surface area contributed by atoms with E-state index >= 15 is 0 Å². The molecule has 0 atom stereocenters. The Hall–Kier alpha value is -5.06. The number of nitrogens with one attached hydrogen (secondary N) is 3. The maximum Gasteiger partial charge on any atom is 0.295 e. The van der Waals surface area contributed by atoms with Gasteiger partial charge in [0.2, 0.25) is 21.1 Å². The van der Waals surface area contributed by atoms with Crippen LogP contribution in [-0.4, -0.2) is 40.6 Å². The van der Waals surface area contributed by atoms with Gasteiger partial charge in [0.1, 0.15) is 16.2 Å². The summed E-state index contributed by atoms with van der Waals surface area (Å²) in [5, 5.41) is 4.24. The van der Waals surface area contributed by atoms with Crippen LogP contribution in [0, 0.1) is 13.8 Å². The number of benzene rings is 5. The van der Waals surface area contributed by atoms with E-state index in [0.29, 0.717) is 50.8 Å². The van der Waals surface area contributed by atoms with E-state index in [-0.39, 0.29) is 11.1 Å². The summed E-state index contributed by atoms with van der Waals surface area (Å²) in [6, 6.07) is 25.7. The van der Waals surface area contributed by atoms with Crippen molar-refractivity contribution >= 4 is 64.0 Å². The lowest BCUT2D eigenvalue weighted by Crippen LogP contribution is -2.71. The molecule has 0 radical (unpaired) electrons. The molecule has 0 amide bonds. The first-order valence-electron chi connectivity index (χ1n) is 14.6. The third-order valence-electron chi connectivity index (χ3n) is 7.77. The van der Waals surface area contributed by atoms with Crippen LogP contribution in [0.25, 0.3) is 33.4 Å². The van der Waals surface area contributed by atoms with Crippen LogP contribution in [0.3, 0.4) is 0 Å². The van der Waals surface area contributed by atoms with Gasteiger partial charge in [0.15, 0.2) is 0 Å². The summed E-state index contributed by atoms with van der Waals surface area (Å²) >= 11 is 0. The number of rotatable bonds is 8. The number of anilines is 3. The summed E-state index contributed by atoms with van der Waals surface area (Å²) in [5.41, 5.74) is 5.12. The number of sulfonamides is 1. The Morgan fingerprint density at radius 2 is 1.37 bits per heavy atom. The van der Waals surface area contributed by atoms with Gasteiger partial charge in [-0.1, -0.05) is 36.4 Å². The molecule has 4 aromatic rings. The Morgan fingerprint density at radius 1 is 0.694 bits per heavy atom. The molecular weight excluding hydrogens is 691 g/mol. The Balaban J connectivity index is 1.63. The molecule has 1 aliphatic carbocycles. The van der Waals surface area contributed by atoms with Crippen LogP contribution < -0.4 is 20.4 Å². The first-order chi connectivity index (χ1) is 23.0. The van der Waals surface area contributed by atoms with Crippen molar-refractivity contribution < 1.29 is 43.8 Å². The number of fused-ring (bicyclic) bond motifs is 2. The van der Waals surface area contributed by atoms with E-state index < -0.39 is 40.1 Å². The summed E-state index contributed by atoms with van der Waals surface area (Å²) in [4.78, 5) is 1.95. The maximum absolute atomic E-state index is 12.7. The highest BCUT2D eigenvalue weighted by Gasteiger charge is 2.26. The summed E-state index contributed by atoms with van der Waals surface area (Å²) in [6.45, 7) is 3.94. The van der Waals surface area contributed by atoms with Crippen molar-refractivity contribution in [1.82, 2.24) is 0 Å². The second-order valence-corrected chi connectivity index (χ2v) is 16.0. The zero-order valence-corrected chi connectivity index (χ0v) is 28.7. The lowest BCUT2D eigenvalue weighted by Gasteiger charge is -2.18. The molecule has 15 heteroatoms. The van der Waals surface area contributed by atoms with Gasteiger partial charge < -0.3 is 9.73 Å². The SMILES string of the molecule is Cc1cccc(C)c1[NH+]=c1ccc2c(-c3ccc(S(=O)(=O)O)cc3S(=O)(=O)O)c3ccc(Nc4ccccc4NS(C)(=O)=O)cc3oc-2c1. The summed E-state index contributed by atoms with van der Waals surface area (Å²) in [6.07, 6.45) is 1.04. The van der Waals surface area contributed by atoms with E-state index in [1.807, 2.05) is 32.0 Å². The fourth-order valence-electron chi connectivity index (χ4n) is 5.61. The van der Waals surface area contributed by atoms with Gasteiger partial charge in [-0.05, 0) is 56.3 Å². The van der Waals surface area contributed by atoms with Crippen molar-refractivity contribution in [3.63, 3.8) is 0 Å². The molecule has 0 saturated heterocycles. The first-order valence-corrected chi connectivity index (χ1v) is 19.4. The van der Waals surface area contributed by atoms with Gasteiger partial charge in [0, 0.05) is 51.0 Å². The zero-order chi connectivity index (χ0) is 35.3. The molecule has 4 aromatic carbocycles. The Morgan fingerprint density at radius 3 is 2.02 bits per heavy atom. The van der Waals surface area contributed by atoms with E-state index in [4.69, 9.17) is 4.42 Å². The van der Waals surface area contributed by atoms with Gasteiger partial charge in [0.05, 0.1) is 28.6 Å². The highest BCUT2D eigenvalue weighted by atomic mass is 32.2. The smallest absolute Gasteiger partial charge is 0.295 e. The van der Waals surface area contributed by atoms with Crippen molar-refractivity contribution in [1.29, 1.82) is 0 Å². The van der Waals surface area contributed by atoms with Gasteiger partial charge in [-0.15, -0.1) is 0 Å². The van der Waals surface area contributed by atoms with Crippen molar-refractivity contribution in [2.45, 2.75) is 23.6 Å². The predicted molar refractivity (Wildman–Crippen MR) is 186 cm³/mol. The second kappa shape index (κ2) is 12.4. The largest absolute Gasteiger partial charge is 0.456 e. The quantitative estimate of drug-likeness (QED) is 0.108. The normalized spacial score (nSPS) is 12.8. The van der Waals surface area contributed by atoms with E-state index in [1.165, 1.54) is 6.07 Å². The van der Waals surface area contributed by atoms with E-state index in [1.54, 1.807) is 60.7 Å². The topological polar surface area (TPSA) is 194 Å². The van der Waals surface area contributed by atoms with E-state index in [2.05, 4.69) is 15.0 Å². The molecule has 0 bridgehead atoms. The van der Waals surface area contributed by atoms with E-state index in [0.717, 1.165) is 29.1 Å². The molecule has 5 N–H and O–H groups in total. The van der Waals surface area contributed by atoms with Crippen LogP contribution >= 0.6 is 0 Å². The fourth-order valence-corrected chi connectivity index (χ4v) is 7.49. The standard InChI is InChI=1S/C34H29N3O9S3/c1-20-7-6-8-21(2)34(20)36-23-12-15-26-31(18-23)46-30-17-22(35-28-9-4-5-10-29(28)37-47(3,38)39)11-14-25(30)33(26)27-16-13-24(48(40,41)42)19-32(27)49(43,44)45/h4-19,35,37H,1-3H3,(H,40,41,42)(H,43,44,45)/p+1. The molecule has 49 heavy (non-hydrogen) atoms. The van der Waals surface area contributed by atoms with Crippen LogP contribution in [0.15, 0.2) is 111 Å². The van der Waals surface area contributed by atoms with Gasteiger partial charge in [0.25, 0.3) is 20.2 Å². The molecule has 0 aromatic heterocycles. The van der Waals surface area contributed by atoms with Crippen molar-refractivity contribution in [2.24, 2.45) is 0 Å². The molecule has 0 fully saturated rings. The Bertz CT molecular complexity index is 2650. The Labute approximate surface area is 282 Å². The van der Waals surface area contributed by atoms with E-state index in [9.17, 15) is 34.4 Å². The van der Waals surface area contributed by atoms with Gasteiger partial charge in [-0.25, -0.2) is 13.4 Å². The summed E-state index contributed by atoms with van der Waals surface area (Å²) in [5.74, 6) is 0.315. The molecule has 6 rings (SSSR count). The molecule has 0 saturated carbocycles. The average molecular weight is 721 g/mol. The molecule has 252 valence electrons. The summed E-state index contributed by atoms with van der Waals surface area (Å²) < 4.78 is 102. The number of aryl methyl sites for hydroxylation is 2. The molecule has 12 nitrogen and oxygen atoms in total. The molecule has 0 unspecified atom stereocenters. The molecule has 0 spiro atoms. The monoisotopic (exact) mass is 720 g/mol. The van der Waals surface area contributed by atoms with Crippen LogP contribution in [0.2, 0.25) is 0 Å². The minimum absolute atomic E-state index is 0.0421. The Kier molecular flexibility index (Phi) is 8.58. The van der Waals surface area contributed by atoms with Crippen LogP contribution in [-0.2, 0) is 30.3 Å². The maximum atomic E-state index is 12.7. The number of para-hydroxylation sites is 3. The number of hydrogen-bond acceptors (Lipinski definition) is 8. The van der Waals surface area contributed by atoms with Crippen molar-refractivity contribution in [2.75, 3.05) is 16.3 Å². The van der Waals surface area contributed by atoms with Gasteiger partial charge in [-0.3, -0.25) is 13.8 Å². The van der Waals surface area contributed by atoms with Crippen molar-refractivity contribution in [3.05, 3.63) is 114 Å². The minimum atomic E-state index is -5.02. The second-order valence-electron chi connectivity index (χ2n) is 11.4. The third kappa shape index (κ3) is 7.21. The van der Waals surface area contributed by atoms with Crippen molar-refractivity contribution in [3.8, 4) is 22.5 Å². The summed E-state index contributed by atoms with van der Waals surface area (Å²) in [7, 11) is -13.4. The molecule has 1 aliphatic heterocycles. The fraction of sp³-hybridized carbons (Fsp3) is 0.0882. The van der Waals surface area contributed by atoms with Gasteiger partial charge in [-0.2, -0.15) is 16.8 Å². The lowest BCUT2D eigenvalue weighted by atomic mass is 9.93. The molecular formula is C34H30N3O9S3+. The number of hydrogen-bond donors (Lipinski definition) is 5. The average Bonchev–Trinajstić information content (AvgIpc) is 3.01. The highest BCUT2D eigenvalue weighted by molar-refractivity contribution is 7.92. The highest BCUT2D eigenvalue weighted by Crippen LogP contribution is 2.43. The minimum Gasteiger partial charge on any atom is -0.456 e. The van der Waals surface area contributed by atoms with Crippen LogP contribution in [0.4, 0.5) is 22.7 Å². The lowest BCUT2D eigenvalue weighted by molar-refractivity contribution is -0.403. The first kappa shape index (κ1) is 33.8. The van der Waals surface area contributed by atoms with Gasteiger partial charge >= 0.3 is 0 Å².